The van der Waals surface area contributed by atoms with E-state index in [2.05, 4.69) is 26.6 Å². The largest absolute Gasteiger partial charge is 0.347 e. The van der Waals surface area contributed by atoms with Crippen molar-refractivity contribution in [3.63, 3.8) is 0 Å². The highest BCUT2D eigenvalue weighted by molar-refractivity contribution is 9.10. The van der Waals surface area contributed by atoms with Gasteiger partial charge in [-0.25, -0.2) is 0 Å². The van der Waals surface area contributed by atoms with Crippen LogP contribution in [0.2, 0.25) is 0 Å². The molecule has 2 N–H and O–H groups in total. The van der Waals surface area contributed by atoms with Crippen LogP contribution in [0.1, 0.15) is 38.7 Å². The van der Waals surface area contributed by atoms with Crippen LogP contribution in [0.25, 0.3) is 0 Å². The predicted molar refractivity (Wildman–Crippen MR) is 85.5 cm³/mol. The first-order valence-corrected chi connectivity index (χ1v) is 8.04. The summed E-state index contributed by atoms with van der Waals surface area (Å²) in [5.41, 5.74) is 0.788. The zero-order valence-corrected chi connectivity index (χ0v) is 13.8. The number of carbonyl (C=O) groups is 1. The number of halogens is 1. The van der Waals surface area contributed by atoms with Gasteiger partial charge in [-0.2, -0.15) is 0 Å². The number of carbonyl (C=O) groups excluding carboxylic acids is 1. The van der Waals surface area contributed by atoms with Crippen molar-refractivity contribution in [2.75, 3.05) is 13.1 Å². The third kappa shape index (κ3) is 4.32. The molecule has 1 saturated heterocycles. The van der Waals surface area contributed by atoms with Crippen LogP contribution in [0.3, 0.4) is 0 Å². The van der Waals surface area contributed by atoms with Gasteiger partial charge in [-0.1, -0.05) is 28.1 Å². The summed E-state index contributed by atoms with van der Waals surface area (Å²) in [4.78, 5) is 12.2. The van der Waals surface area contributed by atoms with Gasteiger partial charge in [-0.3, -0.25) is 4.79 Å². The molecule has 1 atom stereocenters. The van der Waals surface area contributed by atoms with Gasteiger partial charge in [-0.15, -0.1) is 0 Å². The molecule has 1 aromatic carbocycles. The summed E-state index contributed by atoms with van der Waals surface area (Å²) in [5.74, 6) is 0.621. The van der Waals surface area contributed by atoms with Crippen LogP contribution in [0.5, 0.6) is 0 Å². The first-order chi connectivity index (χ1) is 9.47. The van der Waals surface area contributed by atoms with Crippen molar-refractivity contribution >= 4 is 21.8 Å². The van der Waals surface area contributed by atoms with E-state index in [1.807, 2.05) is 38.1 Å². The molecule has 2 rings (SSSR count). The number of hydrogen-bond acceptors (Lipinski definition) is 2. The minimum atomic E-state index is -0.333. The maximum Gasteiger partial charge on any atom is 0.220 e. The summed E-state index contributed by atoms with van der Waals surface area (Å²) in [7, 11) is 0. The molecule has 20 heavy (non-hydrogen) atoms. The van der Waals surface area contributed by atoms with E-state index >= 15 is 0 Å². The molecule has 1 unspecified atom stereocenters. The summed E-state index contributed by atoms with van der Waals surface area (Å²) in [6.07, 6.45) is 2.94. The van der Waals surface area contributed by atoms with Gasteiger partial charge >= 0.3 is 0 Å². The van der Waals surface area contributed by atoms with Gasteiger partial charge in [0.25, 0.3) is 0 Å². The maximum atomic E-state index is 12.2. The van der Waals surface area contributed by atoms with E-state index in [9.17, 15) is 4.79 Å². The Morgan fingerprint density at radius 3 is 2.70 bits per heavy atom. The fraction of sp³-hybridized carbons (Fsp3) is 0.562. The summed E-state index contributed by atoms with van der Waals surface area (Å²) in [6.45, 7) is 6.15. The minimum Gasteiger partial charge on any atom is -0.347 e. The quantitative estimate of drug-likeness (QED) is 0.885. The summed E-state index contributed by atoms with van der Waals surface area (Å²) in [5, 5.41) is 6.51. The third-order valence-electron chi connectivity index (χ3n) is 3.89. The normalized spacial score (nSPS) is 19.6. The van der Waals surface area contributed by atoms with E-state index in [1.54, 1.807) is 0 Å². The number of nitrogens with one attached hydrogen (secondary N) is 2. The summed E-state index contributed by atoms with van der Waals surface area (Å²) >= 11 is 3.43. The first-order valence-electron chi connectivity index (χ1n) is 7.25. The molecule has 1 aliphatic heterocycles. The lowest BCUT2D eigenvalue weighted by Crippen LogP contribution is -2.43. The van der Waals surface area contributed by atoms with E-state index in [0.717, 1.165) is 29.5 Å². The molecule has 1 aromatic rings. The van der Waals surface area contributed by atoms with Gasteiger partial charge in [-0.05, 0) is 63.4 Å². The Morgan fingerprint density at radius 2 is 2.10 bits per heavy atom. The van der Waals surface area contributed by atoms with Crippen molar-refractivity contribution in [1.82, 2.24) is 10.6 Å². The van der Waals surface area contributed by atoms with Crippen LogP contribution < -0.4 is 10.6 Å². The molecule has 4 heteroatoms. The zero-order valence-electron chi connectivity index (χ0n) is 12.2. The lowest BCUT2D eigenvalue weighted by atomic mass is 9.92. The molecule has 0 aromatic heterocycles. The van der Waals surface area contributed by atoms with Gasteiger partial charge in [0.1, 0.15) is 0 Å². The standard InChI is InChI=1S/C16H23BrN2O/c1-16(2,13-5-7-14(17)8-6-13)19-15(20)10-12-4-3-9-18-11-12/h5-8,12,18H,3-4,9-11H2,1-2H3,(H,19,20). The molecule has 3 nitrogen and oxygen atoms in total. The number of piperidine rings is 1. The second-order valence-corrected chi connectivity index (χ2v) is 7.01. The highest BCUT2D eigenvalue weighted by atomic mass is 79.9. The molecule has 0 spiro atoms. The van der Waals surface area contributed by atoms with Crippen LogP contribution in [-0.4, -0.2) is 19.0 Å². The van der Waals surface area contributed by atoms with E-state index in [-0.39, 0.29) is 11.4 Å². The molecule has 1 amide bonds. The maximum absolute atomic E-state index is 12.2. The fourth-order valence-electron chi connectivity index (χ4n) is 2.70. The van der Waals surface area contributed by atoms with Gasteiger partial charge in [0.05, 0.1) is 5.54 Å². The third-order valence-corrected chi connectivity index (χ3v) is 4.42. The van der Waals surface area contributed by atoms with Crippen molar-refractivity contribution in [2.45, 2.75) is 38.6 Å². The molecule has 0 aliphatic carbocycles. The van der Waals surface area contributed by atoms with Crippen LogP contribution in [0, 0.1) is 5.92 Å². The molecule has 0 saturated carbocycles. The van der Waals surface area contributed by atoms with E-state index < -0.39 is 0 Å². The molecule has 1 fully saturated rings. The predicted octanol–water partition coefficient (Wildman–Crippen LogP) is 3.19. The van der Waals surface area contributed by atoms with Crippen molar-refractivity contribution < 1.29 is 4.79 Å². The molecule has 1 aliphatic rings. The van der Waals surface area contributed by atoms with E-state index in [4.69, 9.17) is 0 Å². The first kappa shape index (κ1) is 15.5. The van der Waals surface area contributed by atoms with Gasteiger partial charge in [0.15, 0.2) is 0 Å². The van der Waals surface area contributed by atoms with E-state index in [1.165, 1.54) is 6.42 Å². The van der Waals surface area contributed by atoms with Crippen molar-refractivity contribution in [2.24, 2.45) is 5.92 Å². The second kappa shape index (κ2) is 6.72. The van der Waals surface area contributed by atoms with Gasteiger partial charge in [0, 0.05) is 10.9 Å². The van der Waals surface area contributed by atoms with Crippen molar-refractivity contribution in [1.29, 1.82) is 0 Å². The molecule has 110 valence electrons. The zero-order chi connectivity index (χ0) is 14.6. The Balaban J connectivity index is 1.93. The average molecular weight is 339 g/mol. The highest BCUT2D eigenvalue weighted by Gasteiger charge is 2.24. The Hall–Kier alpha value is -0.870. The Labute approximate surface area is 129 Å². The van der Waals surface area contributed by atoms with Crippen molar-refractivity contribution in [3.05, 3.63) is 34.3 Å². The SMILES string of the molecule is CC(C)(NC(=O)CC1CCCNC1)c1ccc(Br)cc1. The second-order valence-electron chi connectivity index (χ2n) is 6.10. The Kier molecular flexibility index (Phi) is 5.22. The lowest BCUT2D eigenvalue weighted by Gasteiger charge is -2.29. The monoisotopic (exact) mass is 338 g/mol. The summed E-state index contributed by atoms with van der Waals surface area (Å²) in [6, 6.07) is 8.11. The van der Waals surface area contributed by atoms with Crippen LogP contribution >= 0.6 is 15.9 Å². The Bertz CT molecular complexity index is 450. The summed E-state index contributed by atoms with van der Waals surface area (Å²) < 4.78 is 1.05. The number of benzene rings is 1. The Morgan fingerprint density at radius 1 is 1.40 bits per heavy atom. The van der Waals surface area contributed by atoms with Crippen LogP contribution in [-0.2, 0) is 10.3 Å². The fourth-order valence-corrected chi connectivity index (χ4v) is 2.96. The van der Waals surface area contributed by atoms with Crippen LogP contribution in [0.4, 0.5) is 0 Å². The van der Waals surface area contributed by atoms with Crippen molar-refractivity contribution in [3.8, 4) is 0 Å². The van der Waals surface area contributed by atoms with E-state index in [0.29, 0.717) is 12.3 Å². The molecule has 0 radical (unpaired) electrons. The number of hydrogen-bond donors (Lipinski definition) is 2. The number of rotatable bonds is 4. The van der Waals surface area contributed by atoms with Gasteiger partial charge < -0.3 is 10.6 Å². The smallest absolute Gasteiger partial charge is 0.220 e. The molecular weight excluding hydrogens is 316 g/mol. The molecule has 1 heterocycles. The molecular formula is C16H23BrN2O. The van der Waals surface area contributed by atoms with Gasteiger partial charge in [0.2, 0.25) is 5.91 Å². The van der Waals surface area contributed by atoms with Crippen LogP contribution in [0.15, 0.2) is 28.7 Å². The lowest BCUT2D eigenvalue weighted by molar-refractivity contribution is -0.123. The molecule has 0 bridgehead atoms. The number of amides is 1. The topological polar surface area (TPSA) is 41.1 Å². The minimum absolute atomic E-state index is 0.145. The average Bonchev–Trinajstić information content (AvgIpc) is 2.39. The highest BCUT2D eigenvalue weighted by Crippen LogP contribution is 2.23.